The van der Waals surface area contributed by atoms with Crippen LogP contribution in [0.25, 0.3) is 0 Å². The second kappa shape index (κ2) is 9.04. The molecule has 6 heteroatoms. The van der Waals surface area contributed by atoms with E-state index in [0.717, 1.165) is 23.9 Å². The predicted molar refractivity (Wildman–Crippen MR) is 103 cm³/mol. The molecule has 1 aromatic heterocycles. The van der Waals surface area contributed by atoms with Gasteiger partial charge in [-0.2, -0.15) is 0 Å². The summed E-state index contributed by atoms with van der Waals surface area (Å²) in [6, 6.07) is 10.7. The average molecular weight is 361 g/mol. The van der Waals surface area contributed by atoms with Crippen molar-refractivity contribution in [2.75, 3.05) is 5.75 Å². The molecule has 1 amide bonds. The quantitative estimate of drug-likeness (QED) is 0.675. The Hall–Kier alpha value is -1.82. The third-order valence-corrected chi connectivity index (χ3v) is 4.99. The van der Waals surface area contributed by atoms with Crippen molar-refractivity contribution in [3.8, 4) is 0 Å². The van der Waals surface area contributed by atoms with Gasteiger partial charge in [-0.25, -0.2) is 0 Å². The topological polar surface area (TPSA) is 51.0 Å². The van der Waals surface area contributed by atoms with Gasteiger partial charge in [-0.3, -0.25) is 4.79 Å². The third-order valence-electron chi connectivity index (χ3n) is 4.04. The smallest absolute Gasteiger partial charge is 0.233 e. The second-order valence-corrected chi connectivity index (χ2v) is 7.53. The van der Waals surface area contributed by atoms with Gasteiger partial charge in [0.1, 0.15) is 5.82 Å². The second-order valence-electron chi connectivity index (χ2n) is 6.58. The summed E-state index contributed by atoms with van der Waals surface area (Å²) in [6.45, 7) is 11.1. The van der Waals surface area contributed by atoms with Gasteiger partial charge in [0.05, 0.1) is 5.75 Å². The number of rotatable bonds is 8. The molecule has 25 heavy (non-hydrogen) atoms. The molecule has 0 N–H and O–H groups in total. The fourth-order valence-electron chi connectivity index (χ4n) is 3.03. The number of thioether (sulfide) groups is 1. The standard InChI is InChI=1S/C19H28N4OS/c1-6-22-17(12-16-10-8-7-9-11-16)20-21-19(22)25-13-18(24)23(14(2)3)15(4)5/h7-11,14-15H,6,12-13H2,1-5H3. The zero-order chi connectivity index (χ0) is 18.4. The Kier molecular flexibility index (Phi) is 7.05. The van der Waals surface area contributed by atoms with Crippen molar-refractivity contribution in [3.05, 3.63) is 41.7 Å². The first-order valence-electron chi connectivity index (χ1n) is 8.84. The Morgan fingerprint density at radius 2 is 1.76 bits per heavy atom. The number of aromatic nitrogens is 3. The van der Waals surface area contributed by atoms with Crippen molar-refractivity contribution in [2.24, 2.45) is 0 Å². The molecule has 0 fully saturated rings. The number of nitrogens with zero attached hydrogens (tertiary/aromatic N) is 4. The molecule has 0 aliphatic carbocycles. The van der Waals surface area contributed by atoms with Crippen molar-refractivity contribution in [2.45, 2.75) is 64.8 Å². The fourth-order valence-corrected chi connectivity index (χ4v) is 3.92. The maximum atomic E-state index is 12.5. The van der Waals surface area contributed by atoms with Crippen LogP contribution < -0.4 is 0 Å². The van der Waals surface area contributed by atoms with Crippen molar-refractivity contribution in [3.63, 3.8) is 0 Å². The highest BCUT2D eigenvalue weighted by Gasteiger charge is 2.21. The molecule has 0 saturated carbocycles. The third kappa shape index (κ3) is 5.08. The summed E-state index contributed by atoms with van der Waals surface area (Å²) in [5, 5.41) is 9.47. The van der Waals surface area contributed by atoms with E-state index in [1.165, 1.54) is 17.3 Å². The average Bonchev–Trinajstić information content (AvgIpc) is 2.94. The number of carbonyl (C=O) groups is 1. The highest BCUT2D eigenvalue weighted by molar-refractivity contribution is 7.99. The first kappa shape index (κ1) is 19.5. The van der Waals surface area contributed by atoms with Gasteiger partial charge in [-0.05, 0) is 40.2 Å². The number of amides is 1. The lowest BCUT2D eigenvalue weighted by molar-refractivity contribution is -0.131. The maximum absolute atomic E-state index is 12.5. The zero-order valence-electron chi connectivity index (χ0n) is 15.8. The van der Waals surface area contributed by atoms with Gasteiger partial charge in [0, 0.05) is 25.0 Å². The SMILES string of the molecule is CCn1c(Cc2ccccc2)nnc1SCC(=O)N(C(C)C)C(C)C. The molecule has 0 bridgehead atoms. The lowest BCUT2D eigenvalue weighted by atomic mass is 10.1. The van der Waals surface area contributed by atoms with Gasteiger partial charge in [0.25, 0.3) is 0 Å². The Balaban J connectivity index is 2.06. The number of benzene rings is 1. The molecule has 0 aliphatic rings. The summed E-state index contributed by atoms with van der Waals surface area (Å²) in [4.78, 5) is 14.5. The summed E-state index contributed by atoms with van der Waals surface area (Å²) in [5.41, 5.74) is 1.21. The summed E-state index contributed by atoms with van der Waals surface area (Å²) in [5.74, 6) is 1.47. The molecular weight excluding hydrogens is 332 g/mol. The molecule has 0 radical (unpaired) electrons. The van der Waals surface area contributed by atoms with Crippen LogP contribution >= 0.6 is 11.8 Å². The largest absolute Gasteiger partial charge is 0.337 e. The van der Waals surface area contributed by atoms with Gasteiger partial charge in [-0.1, -0.05) is 42.1 Å². The van der Waals surface area contributed by atoms with Crippen LogP contribution in [-0.4, -0.2) is 43.4 Å². The molecule has 0 spiro atoms. The molecule has 5 nitrogen and oxygen atoms in total. The summed E-state index contributed by atoms with van der Waals surface area (Å²) in [6.07, 6.45) is 0.750. The molecule has 0 aliphatic heterocycles. The number of hydrogen-bond acceptors (Lipinski definition) is 4. The van der Waals surface area contributed by atoms with E-state index in [1.807, 2.05) is 23.1 Å². The van der Waals surface area contributed by atoms with E-state index >= 15 is 0 Å². The van der Waals surface area contributed by atoms with Gasteiger partial charge >= 0.3 is 0 Å². The van der Waals surface area contributed by atoms with Gasteiger partial charge in [0.2, 0.25) is 5.91 Å². The van der Waals surface area contributed by atoms with Crippen LogP contribution in [-0.2, 0) is 17.8 Å². The Bertz CT molecular complexity index is 674. The van der Waals surface area contributed by atoms with E-state index in [9.17, 15) is 4.79 Å². The lowest BCUT2D eigenvalue weighted by Crippen LogP contribution is -2.43. The van der Waals surface area contributed by atoms with Crippen molar-refractivity contribution in [1.29, 1.82) is 0 Å². The van der Waals surface area contributed by atoms with Gasteiger partial charge in [0.15, 0.2) is 5.16 Å². The number of carbonyl (C=O) groups excluding carboxylic acids is 1. The van der Waals surface area contributed by atoms with Crippen LogP contribution in [0.5, 0.6) is 0 Å². The minimum atomic E-state index is 0.144. The van der Waals surface area contributed by atoms with Crippen molar-refractivity contribution in [1.82, 2.24) is 19.7 Å². The first-order chi connectivity index (χ1) is 11.9. The summed E-state index contributed by atoms with van der Waals surface area (Å²) >= 11 is 1.47. The van der Waals surface area contributed by atoms with Crippen molar-refractivity contribution < 1.29 is 4.79 Å². The first-order valence-corrected chi connectivity index (χ1v) is 9.82. The van der Waals surface area contributed by atoms with E-state index in [2.05, 4.69) is 61.5 Å². The van der Waals surface area contributed by atoms with Gasteiger partial charge in [-0.15, -0.1) is 10.2 Å². The van der Waals surface area contributed by atoms with E-state index in [1.54, 1.807) is 0 Å². The molecule has 136 valence electrons. The van der Waals surface area contributed by atoms with Crippen LogP contribution in [0, 0.1) is 0 Å². The fraction of sp³-hybridized carbons (Fsp3) is 0.526. The van der Waals surface area contributed by atoms with E-state index in [4.69, 9.17) is 0 Å². The monoisotopic (exact) mass is 360 g/mol. The maximum Gasteiger partial charge on any atom is 0.233 e. The Morgan fingerprint density at radius 1 is 1.12 bits per heavy atom. The van der Waals surface area contributed by atoms with Crippen LogP contribution in [0.4, 0.5) is 0 Å². The minimum absolute atomic E-state index is 0.144. The molecule has 1 aromatic carbocycles. The van der Waals surface area contributed by atoms with E-state index in [0.29, 0.717) is 5.75 Å². The van der Waals surface area contributed by atoms with Gasteiger partial charge < -0.3 is 9.47 Å². The lowest BCUT2D eigenvalue weighted by Gasteiger charge is -2.30. The van der Waals surface area contributed by atoms with E-state index < -0.39 is 0 Å². The molecule has 0 saturated heterocycles. The molecule has 1 heterocycles. The van der Waals surface area contributed by atoms with Crippen LogP contribution in [0.15, 0.2) is 35.5 Å². The highest BCUT2D eigenvalue weighted by Crippen LogP contribution is 2.20. The molecule has 2 rings (SSSR count). The normalized spacial score (nSPS) is 11.3. The molecule has 0 atom stereocenters. The van der Waals surface area contributed by atoms with Crippen LogP contribution in [0.3, 0.4) is 0 Å². The molecular formula is C19H28N4OS. The predicted octanol–water partition coefficient (Wildman–Crippen LogP) is 3.63. The van der Waals surface area contributed by atoms with E-state index in [-0.39, 0.29) is 18.0 Å². The number of hydrogen-bond donors (Lipinski definition) is 0. The molecule has 2 aromatic rings. The minimum Gasteiger partial charge on any atom is -0.337 e. The summed E-state index contributed by atoms with van der Waals surface area (Å²) in [7, 11) is 0. The summed E-state index contributed by atoms with van der Waals surface area (Å²) < 4.78 is 2.10. The Labute approximate surface area is 154 Å². The van der Waals surface area contributed by atoms with Crippen LogP contribution in [0.1, 0.15) is 46.0 Å². The highest BCUT2D eigenvalue weighted by atomic mass is 32.2. The van der Waals surface area contributed by atoms with Crippen LogP contribution in [0.2, 0.25) is 0 Å². The molecule has 0 unspecified atom stereocenters. The Morgan fingerprint density at radius 3 is 2.32 bits per heavy atom. The van der Waals surface area contributed by atoms with Crippen molar-refractivity contribution >= 4 is 17.7 Å². The zero-order valence-corrected chi connectivity index (χ0v) is 16.6.